The van der Waals surface area contributed by atoms with E-state index in [4.69, 9.17) is 0 Å². The summed E-state index contributed by atoms with van der Waals surface area (Å²) in [4.78, 5) is 2.63. The first-order chi connectivity index (χ1) is 23.8. The van der Waals surface area contributed by atoms with E-state index in [-0.39, 0.29) is 5.41 Å². The standard InChI is InChI=1S/C47H33N/c1-2-11-30(12-3-1)33-15-8-16-34(27-33)48(35-24-23-31-13-4-5-14-32(31)28-35)36-25-26-38-40-19-10-21-42-41-20-9-18-39-37-17-6-7-22-43(37)47(45(39)41,46(40)42)44(38)29-36/h1-7,9-14,17-24,28-29,33-34H,8,15-16,27H2. The van der Waals surface area contributed by atoms with Gasteiger partial charge in [-0.2, -0.15) is 0 Å². The fraction of sp³-hybridized carbons (Fsp3) is 0.149. The van der Waals surface area contributed by atoms with Crippen molar-refractivity contribution in [1.82, 2.24) is 0 Å². The van der Waals surface area contributed by atoms with Gasteiger partial charge in [-0.05, 0) is 116 Å². The summed E-state index contributed by atoms with van der Waals surface area (Å²) in [5, 5.41) is 2.55. The molecule has 11 rings (SSSR count). The van der Waals surface area contributed by atoms with E-state index in [1.54, 1.807) is 0 Å². The van der Waals surface area contributed by atoms with Crippen LogP contribution < -0.4 is 4.90 Å². The lowest BCUT2D eigenvalue weighted by atomic mass is 9.73. The zero-order chi connectivity index (χ0) is 31.4. The molecule has 0 amide bonds. The van der Waals surface area contributed by atoms with Crippen molar-refractivity contribution in [2.45, 2.75) is 43.1 Å². The second-order valence-electron chi connectivity index (χ2n) is 14.1. The SMILES string of the molecule is c1c(N(c2ccc3ccccc3c2)C2CCCC(c3ccccc3)C2)cc2c(c#1)-c1cccc3c1C21c2ccccc2-c2cccc-3c21. The summed E-state index contributed by atoms with van der Waals surface area (Å²) in [6, 6.07) is 60.3. The molecule has 0 aromatic heterocycles. The number of hydrogen-bond acceptors (Lipinski definition) is 1. The van der Waals surface area contributed by atoms with Crippen molar-refractivity contribution in [1.29, 1.82) is 0 Å². The monoisotopic (exact) mass is 611 g/mol. The summed E-state index contributed by atoms with van der Waals surface area (Å²) in [6.07, 6.45) is 4.73. The molecule has 0 aliphatic heterocycles. The van der Waals surface area contributed by atoms with Crippen LogP contribution >= 0.6 is 0 Å². The minimum atomic E-state index is -0.321. The molecule has 0 heterocycles. The number of rotatable bonds is 4. The fourth-order valence-corrected chi connectivity index (χ4v) is 10.0. The Balaban J connectivity index is 1.14. The molecule has 7 aromatic rings. The summed E-state index contributed by atoms with van der Waals surface area (Å²) in [7, 11) is 0. The summed E-state index contributed by atoms with van der Waals surface area (Å²) >= 11 is 0. The van der Waals surface area contributed by atoms with E-state index >= 15 is 0 Å². The molecule has 0 bridgehead atoms. The van der Waals surface area contributed by atoms with Crippen molar-refractivity contribution < 1.29 is 0 Å². The third-order valence-electron chi connectivity index (χ3n) is 11.9. The first-order valence-corrected chi connectivity index (χ1v) is 17.5. The van der Waals surface area contributed by atoms with Gasteiger partial charge in [0.2, 0.25) is 0 Å². The predicted octanol–water partition coefficient (Wildman–Crippen LogP) is 11.6. The van der Waals surface area contributed by atoms with Gasteiger partial charge in [-0.25, -0.2) is 0 Å². The highest BCUT2D eigenvalue weighted by Gasteiger charge is 2.57. The lowest BCUT2D eigenvalue weighted by molar-refractivity contribution is 0.389. The van der Waals surface area contributed by atoms with Crippen molar-refractivity contribution in [3.05, 3.63) is 179 Å². The summed E-state index contributed by atoms with van der Waals surface area (Å²) in [5.74, 6) is 0.544. The molecule has 4 aliphatic carbocycles. The molecule has 3 atom stereocenters. The topological polar surface area (TPSA) is 3.24 Å². The van der Waals surface area contributed by atoms with Crippen LogP contribution in [0.2, 0.25) is 0 Å². The molecular formula is C47H33N. The molecule has 1 nitrogen and oxygen atoms in total. The molecule has 0 N–H and O–H groups in total. The van der Waals surface area contributed by atoms with Gasteiger partial charge >= 0.3 is 0 Å². The van der Waals surface area contributed by atoms with Crippen molar-refractivity contribution in [2.75, 3.05) is 4.90 Å². The molecule has 7 aromatic carbocycles. The average Bonchev–Trinajstić information content (AvgIpc) is 3.75. The number of fused-ring (bicyclic) bond motifs is 6. The molecule has 1 saturated carbocycles. The van der Waals surface area contributed by atoms with Crippen molar-refractivity contribution in [2.24, 2.45) is 0 Å². The van der Waals surface area contributed by atoms with Gasteiger partial charge in [0.05, 0.1) is 11.1 Å². The van der Waals surface area contributed by atoms with Crippen molar-refractivity contribution in [3.63, 3.8) is 0 Å². The Kier molecular flexibility index (Phi) is 5.37. The van der Waals surface area contributed by atoms with Crippen LogP contribution in [0.3, 0.4) is 0 Å². The highest BCUT2D eigenvalue weighted by atomic mass is 15.2. The number of anilines is 2. The zero-order valence-corrected chi connectivity index (χ0v) is 26.7. The number of hydrogen-bond donors (Lipinski definition) is 0. The highest BCUT2D eigenvalue weighted by Crippen LogP contribution is 2.69. The Hall–Kier alpha value is -5.58. The van der Waals surface area contributed by atoms with Crippen LogP contribution in [-0.2, 0) is 5.41 Å². The van der Waals surface area contributed by atoms with Crippen LogP contribution in [0.4, 0.5) is 11.4 Å². The van der Waals surface area contributed by atoms with Gasteiger partial charge in [0.15, 0.2) is 0 Å². The highest BCUT2D eigenvalue weighted by molar-refractivity contribution is 6.06. The van der Waals surface area contributed by atoms with Crippen LogP contribution in [0.5, 0.6) is 0 Å². The molecule has 1 fully saturated rings. The molecule has 0 saturated heterocycles. The van der Waals surface area contributed by atoms with E-state index in [1.807, 2.05) is 0 Å². The van der Waals surface area contributed by atoms with Crippen LogP contribution in [0.15, 0.2) is 140 Å². The number of nitrogens with zero attached hydrogens (tertiary/aromatic N) is 1. The van der Waals surface area contributed by atoms with E-state index < -0.39 is 0 Å². The van der Waals surface area contributed by atoms with E-state index in [1.165, 1.54) is 90.5 Å². The van der Waals surface area contributed by atoms with Crippen molar-refractivity contribution >= 4 is 22.1 Å². The maximum atomic E-state index is 3.81. The Morgan fingerprint density at radius 1 is 0.542 bits per heavy atom. The summed E-state index contributed by atoms with van der Waals surface area (Å²) in [6.45, 7) is 0. The number of benzene rings is 6. The van der Waals surface area contributed by atoms with E-state index in [2.05, 4.69) is 157 Å². The Labute approximate surface area is 282 Å². The third kappa shape index (κ3) is 3.37. The van der Waals surface area contributed by atoms with Gasteiger partial charge < -0.3 is 4.90 Å². The second kappa shape index (κ2) is 9.72. The molecule has 3 unspecified atom stereocenters. The van der Waals surface area contributed by atoms with Gasteiger partial charge in [-0.3, -0.25) is 0 Å². The minimum Gasteiger partial charge on any atom is -0.331 e. The maximum Gasteiger partial charge on any atom is 0.0933 e. The third-order valence-corrected chi connectivity index (χ3v) is 11.9. The zero-order valence-electron chi connectivity index (χ0n) is 26.7. The molecule has 226 valence electrons. The van der Waals surface area contributed by atoms with Crippen LogP contribution in [0.25, 0.3) is 44.2 Å². The Morgan fingerprint density at radius 2 is 1.23 bits per heavy atom. The minimum absolute atomic E-state index is 0.321. The Bertz CT molecular complexity index is 2400. The predicted molar refractivity (Wildman–Crippen MR) is 197 cm³/mol. The first-order valence-electron chi connectivity index (χ1n) is 17.5. The molecule has 0 radical (unpaired) electrons. The molecule has 1 spiro atoms. The van der Waals surface area contributed by atoms with E-state index in [0.29, 0.717) is 12.0 Å². The maximum absolute atomic E-state index is 3.81. The van der Waals surface area contributed by atoms with Gasteiger partial charge in [0.1, 0.15) is 0 Å². The smallest absolute Gasteiger partial charge is 0.0933 e. The second-order valence-corrected chi connectivity index (χ2v) is 14.1. The average molecular weight is 612 g/mol. The fourth-order valence-electron chi connectivity index (χ4n) is 10.0. The lowest BCUT2D eigenvalue weighted by Gasteiger charge is -2.39. The van der Waals surface area contributed by atoms with Gasteiger partial charge in [0, 0.05) is 17.3 Å². The van der Waals surface area contributed by atoms with Crippen LogP contribution in [0.1, 0.15) is 59.4 Å². The molecular weight excluding hydrogens is 579 g/mol. The molecule has 48 heavy (non-hydrogen) atoms. The molecule has 1 heteroatoms. The van der Waals surface area contributed by atoms with Gasteiger partial charge in [-0.15, -0.1) is 0 Å². The lowest BCUT2D eigenvalue weighted by Crippen LogP contribution is -2.35. The normalized spacial score (nSPS) is 20.5. The van der Waals surface area contributed by atoms with Gasteiger partial charge in [0.25, 0.3) is 0 Å². The summed E-state index contributed by atoms with van der Waals surface area (Å²) < 4.78 is 0. The van der Waals surface area contributed by atoms with Crippen LogP contribution in [-0.4, -0.2) is 6.04 Å². The van der Waals surface area contributed by atoms with Gasteiger partial charge in [-0.1, -0.05) is 134 Å². The molecule has 4 aliphatic rings. The van der Waals surface area contributed by atoms with E-state index in [9.17, 15) is 0 Å². The largest absolute Gasteiger partial charge is 0.331 e. The van der Waals surface area contributed by atoms with Crippen molar-refractivity contribution in [3.8, 4) is 33.4 Å². The quantitative estimate of drug-likeness (QED) is 0.191. The first kappa shape index (κ1) is 26.5. The summed E-state index contributed by atoms with van der Waals surface area (Å²) in [5.41, 5.74) is 17.2. The Morgan fingerprint density at radius 3 is 2.08 bits per heavy atom. The van der Waals surface area contributed by atoms with Crippen LogP contribution in [0, 0.1) is 12.1 Å². The van der Waals surface area contributed by atoms with E-state index in [0.717, 1.165) is 18.5 Å².